The number of rotatable bonds is 8. The number of ether oxygens (including phenoxy) is 2. The smallest absolute Gasteiger partial charge is 0.340 e. The molecule has 0 aliphatic rings. The molecule has 0 aromatic heterocycles. The molecule has 3 aromatic rings. The quantitative estimate of drug-likeness (QED) is 0.490. The van der Waals surface area contributed by atoms with E-state index >= 15 is 0 Å². The fourth-order valence-electron chi connectivity index (χ4n) is 2.99. The summed E-state index contributed by atoms with van der Waals surface area (Å²) in [5.74, 6) is 4.75. The topological polar surface area (TPSA) is 116 Å². The van der Waals surface area contributed by atoms with E-state index in [2.05, 4.69) is 11.8 Å². The second kappa shape index (κ2) is 10.2. The van der Waals surface area contributed by atoms with E-state index in [4.69, 9.17) is 15.2 Å². The molecule has 170 valence electrons. The van der Waals surface area contributed by atoms with Gasteiger partial charge in [0.25, 0.3) is 0 Å². The highest BCUT2D eigenvalue weighted by Crippen LogP contribution is 2.28. The van der Waals surface area contributed by atoms with Crippen molar-refractivity contribution in [2.75, 3.05) is 13.7 Å². The van der Waals surface area contributed by atoms with Crippen LogP contribution in [0.2, 0.25) is 0 Å². The molecule has 0 saturated heterocycles. The van der Waals surface area contributed by atoms with Gasteiger partial charge in [-0.05, 0) is 47.5 Å². The van der Waals surface area contributed by atoms with Crippen LogP contribution in [0, 0.1) is 11.8 Å². The fraction of sp³-hybridized carbons (Fsp3) is 0.160. The van der Waals surface area contributed by atoms with Crippen LogP contribution in [0.3, 0.4) is 0 Å². The molecule has 0 saturated carbocycles. The number of para-hydroxylation sites is 1. The van der Waals surface area contributed by atoms with Crippen molar-refractivity contribution in [2.45, 2.75) is 16.2 Å². The van der Waals surface area contributed by atoms with E-state index in [9.17, 15) is 18.3 Å². The molecule has 0 heterocycles. The van der Waals surface area contributed by atoms with Crippen LogP contribution in [0.15, 0.2) is 83.8 Å². The van der Waals surface area contributed by atoms with Crippen LogP contribution < -0.4 is 15.2 Å². The average Bonchev–Trinajstić information content (AvgIpc) is 2.84. The average molecular weight is 466 g/mol. The minimum atomic E-state index is -4.43. The van der Waals surface area contributed by atoms with E-state index in [1.54, 1.807) is 55.6 Å². The third kappa shape index (κ3) is 5.34. The number of carboxylic acid groups (broad SMARTS) is 1. The van der Waals surface area contributed by atoms with Crippen LogP contribution in [0.1, 0.15) is 6.42 Å². The van der Waals surface area contributed by atoms with Crippen LogP contribution in [0.25, 0.3) is 11.1 Å². The van der Waals surface area contributed by atoms with Crippen molar-refractivity contribution in [1.82, 2.24) is 0 Å². The minimum Gasteiger partial charge on any atom is -0.497 e. The Morgan fingerprint density at radius 2 is 1.48 bits per heavy atom. The summed E-state index contributed by atoms with van der Waals surface area (Å²) in [7, 11) is -2.87. The van der Waals surface area contributed by atoms with Crippen molar-refractivity contribution in [3.8, 4) is 34.5 Å². The van der Waals surface area contributed by atoms with E-state index in [0.29, 0.717) is 11.5 Å². The van der Waals surface area contributed by atoms with Crippen molar-refractivity contribution in [2.24, 2.45) is 5.73 Å². The molecule has 8 heteroatoms. The molecule has 1 atom stereocenters. The van der Waals surface area contributed by atoms with Crippen LogP contribution >= 0.6 is 0 Å². The molecule has 3 N–H and O–H groups in total. The number of hydrogen-bond acceptors (Lipinski definition) is 6. The first-order valence-corrected chi connectivity index (χ1v) is 11.4. The Balaban J connectivity index is 1.77. The van der Waals surface area contributed by atoms with Crippen molar-refractivity contribution >= 4 is 15.8 Å². The summed E-state index contributed by atoms with van der Waals surface area (Å²) in [6.07, 6.45) is -0.594. The number of sulfone groups is 1. The summed E-state index contributed by atoms with van der Waals surface area (Å²) in [6, 6.07) is 22.0. The predicted molar refractivity (Wildman–Crippen MR) is 125 cm³/mol. The van der Waals surface area contributed by atoms with Crippen LogP contribution in [-0.2, 0) is 14.6 Å². The van der Waals surface area contributed by atoms with Gasteiger partial charge in [-0.15, -0.1) is 0 Å². The Kier molecular flexibility index (Phi) is 7.38. The number of carboxylic acids is 1. The van der Waals surface area contributed by atoms with Gasteiger partial charge in [0.2, 0.25) is 14.7 Å². The first-order chi connectivity index (χ1) is 15.8. The van der Waals surface area contributed by atoms with E-state index in [-0.39, 0.29) is 11.5 Å². The van der Waals surface area contributed by atoms with Gasteiger partial charge in [0.05, 0.1) is 18.4 Å². The molecule has 0 radical (unpaired) electrons. The number of methoxy groups -OCH3 is 1. The lowest BCUT2D eigenvalue weighted by molar-refractivity contribution is -0.139. The lowest BCUT2D eigenvalue weighted by Crippen LogP contribution is -2.54. The molecular formula is C25H23NO6S. The van der Waals surface area contributed by atoms with E-state index in [1.807, 2.05) is 18.2 Å². The molecule has 0 spiro atoms. The lowest BCUT2D eigenvalue weighted by Gasteiger charge is -2.22. The molecule has 3 aromatic carbocycles. The van der Waals surface area contributed by atoms with Gasteiger partial charge in [-0.3, -0.25) is 0 Å². The number of benzene rings is 3. The lowest BCUT2D eigenvalue weighted by atomic mass is 10.1. The number of hydrogen-bond donors (Lipinski definition) is 2. The van der Waals surface area contributed by atoms with Gasteiger partial charge in [-0.2, -0.15) is 0 Å². The molecule has 0 aliphatic carbocycles. The zero-order chi connectivity index (χ0) is 23.9. The fourth-order valence-corrected chi connectivity index (χ4v) is 4.39. The maximum atomic E-state index is 13.1. The predicted octanol–water partition coefficient (Wildman–Crippen LogP) is 3.35. The van der Waals surface area contributed by atoms with Crippen molar-refractivity contribution in [1.29, 1.82) is 0 Å². The second-order valence-corrected chi connectivity index (χ2v) is 9.29. The maximum absolute atomic E-state index is 13.1. The summed E-state index contributed by atoms with van der Waals surface area (Å²) in [4.78, 5) is 9.06. The Labute approximate surface area is 192 Å². The van der Waals surface area contributed by atoms with Gasteiger partial charge in [0.15, 0.2) is 0 Å². The number of aliphatic carboxylic acids is 1. The minimum absolute atomic E-state index is 0.0314. The maximum Gasteiger partial charge on any atom is 0.340 e. The summed E-state index contributed by atoms with van der Waals surface area (Å²) >= 11 is 0. The standard InChI is InChI=1S/C25H23NO6S/c1-31-21-13-9-19(10-14-21)20-11-15-23(16-12-20)33(29,30)25(26,24(27)28)17-5-6-18-32-22-7-3-2-4-8-22/h2-4,7-16H,17-18,26H2,1H3,(H,27,28). The second-order valence-electron chi connectivity index (χ2n) is 7.08. The Bertz CT molecular complexity index is 1260. The SMILES string of the molecule is COc1ccc(-c2ccc(S(=O)(=O)C(N)(CC#CCOc3ccccc3)C(=O)O)cc2)cc1. The third-order valence-corrected chi connectivity index (χ3v) is 7.13. The first-order valence-electron chi connectivity index (χ1n) is 9.93. The van der Waals surface area contributed by atoms with E-state index in [1.165, 1.54) is 12.1 Å². The Hall–Kier alpha value is -3.80. The Morgan fingerprint density at radius 1 is 0.909 bits per heavy atom. The van der Waals surface area contributed by atoms with E-state index < -0.39 is 27.1 Å². The van der Waals surface area contributed by atoms with Gasteiger partial charge in [-0.25, -0.2) is 13.2 Å². The van der Waals surface area contributed by atoms with Crippen molar-refractivity contribution in [3.05, 3.63) is 78.9 Å². The monoisotopic (exact) mass is 465 g/mol. The normalized spacial score (nSPS) is 12.7. The van der Waals surface area contributed by atoms with Crippen molar-refractivity contribution in [3.63, 3.8) is 0 Å². The van der Waals surface area contributed by atoms with Gasteiger partial charge in [0.1, 0.15) is 18.1 Å². The highest BCUT2D eigenvalue weighted by molar-refractivity contribution is 7.93. The summed E-state index contributed by atoms with van der Waals surface area (Å²) in [5, 5.41) is 9.63. The first kappa shape index (κ1) is 23.9. The number of nitrogens with two attached hydrogens (primary N) is 1. The molecule has 0 aliphatic heterocycles. The summed E-state index contributed by atoms with van der Waals surface area (Å²) < 4.78 is 36.7. The molecule has 0 fully saturated rings. The molecule has 1 unspecified atom stereocenters. The highest BCUT2D eigenvalue weighted by atomic mass is 32.2. The molecule has 7 nitrogen and oxygen atoms in total. The highest BCUT2D eigenvalue weighted by Gasteiger charge is 2.48. The van der Waals surface area contributed by atoms with Gasteiger partial charge in [-0.1, -0.05) is 54.3 Å². The van der Waals surface area contributed by atoms with E-state index in [0.717, 1.165) is 11.1 Å². The van der Waals surface area contributed by atoms with Gasteiger partial charge in [0, 0.05) is 0 Å². The van der Waals surface area contributed by atoms with Gasteiger partial charge < -0.3 is 20.3 Å². The number of carbonyl (C=O) groups is 1. The van der Waals surface area contributed by atoms with Crippen molar-refractivity contribution < 1.29 is 27.8 Å². The molecule has 3 rings (SSSR count). The molecule has 33 heavy (non-hydrogen) atoms. The molecule has 0 amide bonds. The largest absolute Gasteiger partial charge is 0.497 e. The van der Waals surface area contributed by atoms with Gasteiger partial charge >= 0.3 is 5.97 Å². The van der Waals surface area contributed by atoms with Crippen LogP contribution in [0.4, 0.5) is 0 Å². The Morgan fingerprint density at radius 3 is 2.03 bits per heavy atom. The third-order valence-electron chi connectivity index (χ3n) is 4.96. The van der Waals surface area contributed by atoms with Crippen LogP contribution in [0.5, 0.6) is 11.5 Å². The molecule has 0 bridgehead atoms. The molecular weight excluding hydrogens is 442 g/mol. The zero-order valence-corrected chi connectivity index (χ0v) is 18.7. The van der Waals surface area contributed by atoms with Crippen LogP contribution in [-0.4, -0.2) is 38.1 Å². The summed E-state index contributed by atoms with van der Waals surface area (Å²) in [5.41, 5.74) is 7.49. The zero-order valence-electron chi connectivity index (χ0n) is 17.9. The summed E-state index contributed by atoms with van der Waals surface area (Å²) in [6.45, 7) is -0.0314.